The second kappa shape index (κ2) is 9.88. The van der Waals surface area contributed by atoms with Crippen LogP contribution in [-0.2, 0) is 21.6 Å². The molecule has 0 bridgehead atoms. The molecule has 10 heteroatoms. The summed E-state index contributed by atoms with van der Waals surface area (Å²) in [6.45, 7) is 0. The lowest BCUT2D eigenvalue weighted by atomic mass is 10.7. The first-order valence-corrected chi connectivity index (χ1v) is 8.89. The van der Waals surface area contributed by atoms with Gasteiger partial charge in [0.15, 0.2) is 0 Å². The van der Waals surface area contributed by atoms with Crippen LogP contribution in [0.1, 0.15) is 7.43 Å². The van der Waals surface area contributed by atoms with Crippen molar-refractivity contribution < 1.29 is 8.42 Å². The predicted molar refractivity (Wildman–Crippen MR) is 85.5 cm³/mol. The summed E-state index contributed by atoms with van der Waals surface area (Å²) in [5.74, 6) is 0. The summed E-state index contributed by atoms with van der Waals surface area (Å²) in [7, 11) is -2.04. The quantitative estimate of drug-likeness (QED) is 0.756. The van der Waals surface area contributed by atoms with Crippen molar-refractivity contribution in [2.24, 2.45) is 0 Å². The van der Waals surface area contributed by atoms with Crippen molar-refractivity contribution in [3.8, 4) is 0 Å². The summed E-state index contributed by atoms with van der Waals surface area (Å²) in [6.07, 6.45) is 8.92. The van der Waals surface area contributed by atoms with E-state index in [1.54, 1.807) is 12.5 Å². The van der Waals surface area contributed by atoms with Crippen molar-refractivity contribution in [1.82, 2.24) is 19.9 Å². The molecule has 0 aliphatic carbocycles. The molecule has 0 unspecified atom stereocenters. The maximum absolute atomic E-state index is 10.7. The lowest BCUT2D eigenvalue weighted by Crippen LogP contribution is -1.90. The molecule has 6 nitrogen and oxygen atoms in total. The van der Waals surface area contributed by atoms with Gasteiger partial charge >= 0.3 is 0 Å². The molecule has 0 aromatic carbocycles. The van der Waals surface area contributed by atoms with E-state index >= 15 is 0 Å². The van der Waals surface area contributed by atoms with Gasteiger partial charge in [-0.3, -0.25) is 8.42 Å². The molecule has 2 aromatic heterocycles. The summed E-state index contributed by atoms with van der Waals surface area (Å²) in [5.41, 5.74) is 0. The number of rotatable bonds is 2. The largest absolute Gasteiger partial charge is 0.255 e. The summed E-state index contributed by atoms with van der Waals surface area (Å²) in [4.78, 5) is 15.8. The first kappa shape index (κ1) is 20.0. The van der Waals surface area contributed by atoms with Gasteiger partial charge < -0.3 is 0 Å². The minimum Gasteiger partial charge on any atom is -0.255 e. The van der Waals surface area contributed by atoms with Gasteiger partial charge in [0.2, 0.25) is 10.6 Å². The standard InChI is InChI=1S/2C5H5ClN2OS.CH4/c2*1-10(9)4-2-7-5(6)8-3-4;/h2*2-3H,1H3;1H4/t2*10-;/m10./s1. The Morgan fingerprint density at radius 2 is 1.00 bits per heavy atom. The van der Waals surface area contributed by atoms with Gasteiger partial charge in [-0.25, -0.2) is 19.9 Å². The summed E-state index contributed by atoms with van der Waals surface area (Å²) in [5, 5.41) is 0.350. The molecule has 0 saturated carbocycles. The number of hydrogen-bond acceptors (Lipinski definition) is 6. The minimum atomic E-state index is -1.02. The molecule has 0 radical (unpaired) electrons. The fourth-order valence-corrected chi connectivity index (χ4v) is 1.90. The van der Waals surface area contributed by atoms with Gasteiger partial charge in [0, 0.05) is 37.3 Å². The second-order valence-electron chi connectivity index (χ2n) is 3.28. The molecule has 0 spiro atoms. The maximum atomic E-state index is 10.7. The third-order valence-corrected chi connectivity index (χ3v) is 4.00. The molecular weight excluding hydrogens is 355 g/mol. The normalized spacial score (nSPS) is 12.4. The molecule has 0 aliphatic heterocycles. The third-order valence-electron chi connectivity index (χ3n) is 1.86. The van der Waals surface area contributed by atoms with Gasteiger partial charge in [0.25, 0.3) is 0 Å². The highest BCUT2D eigenvalue weighted by Crippen LogP contribution is 2.03. The lowest BCUT2D eigenvalue weighted by molar-refractivity contribution is 0.685. The fraction of sp³-hybridized carbons (Fsp3) is 0.273. The molecule has 116 valence electrons. The number of aromatic nitrogens is 4. The zero-order valence-corrected chi connectivity index (χ0v) is 13.6. The van der Waals surface area contributed by atoms with Crippen LogP contribution in [0.15, 0.2) is 34.6 Å². The Bertz CT molecular complexity index is 553. The van der Waals surface area contributed by atoms with Gasteiger partial charge in [-0.2, -0.15) is 0 Å². The Morgan fingerprint density at radius 3 is 1.19 bits per heavy atom. The van der Waals surface area contributed by atoms with Gasteiger partial charge in [-0.15, -0.1) is 0 Å². The molecule has 2 rings (SSSR count). The van der Waals surface area contributed by atoms with E-state index in [-0.39, 0.29) is 18.0 Å². The van der Waals surface area contributed by atoms with Crippen molar-refractivity contribution in [2.75, 3.05) is 12.5 Å². The maximum Gasteiger partial charge on any atom is 0.222 e. The zero-order valence-electron chi connectivity index (χ0n) is 10.5. The van der Waals surface area contributed by atoms with Crippen LogP contribution < -0.4 is 0 Å². The fourth-order valence-electron chi connectivity index (χ4n) is 0.898. The van der Waals surface area contributed by atoms with Gasteiger partial charge in [0.05, 0.1) is 31.4 Å². The molecule has 0 fully saturated rings. The van der Waals surface area contributed by atoms with Crippen LogP contribution in [0.2, 0.25) is 10.6 Å². The van der Waals surface area contributed by atoms with Crippen molar-refractivity contribution in [3.05, 3.63) is 35.4 Å². The SMILES string of the molecule is C.C[S@@](=O)c1cnc(Cl)nc1.C[S@](=O)c1cnc(Cl)nc1. The van der Waals surface area contributed by atoms with Crippen molar-refractivity contribution in [1.29, 1.82) is 0 Å². The van der Waals surface area contributed by atoms with Crippen LogP contribution in [0, 0.1) is 0 Å². The van der Waals surface area contributed by atoms with Crippen molar-refractivity contribution >= 4 is 44.8 Å². The van der Waals surface area contributed by atoms with Crippen LogP contribution in [0.3, 0.4) is 0 Å². The highest BCUT2D eigenvalue weighted by atomic mass is 35.5. The average molecular weight is 369 g/mol. The number of nitrogens with zero attached hydrogens (tertiary/aromatic N) is 4. The van der Waals surface area contributed by atoms with E-state index in [1.165, 1.54) is 24.8 Å². The molecule has 0 saturated heterocycles. The Hall–Kier alpha value is -0.960. The second-order valence-corrected chi connectivity index (χ2v) is 6.72. The topological polar surface area (TPSA) is 85.7 Å². The van der Waals surface area contributed by atoms with Crippen LogP contribution in [-0.4, -0.2) is 40.9 Å². The van der Waals surface area contributed by atoms with Gasteiger partial charge in [-0.05, 0) is 23.2 Å². The van der Waals surface area contributed by atoms with Gasteiger partial charge in [-0.1, -0.05) is 7.43 Å². The van der Waals surface area contributed by atoms with E-state index in [1.807, 2.05) is 0 Å². The minimum absolute atomic E-state index is 0. The van der Waals surface area contributed by atoms with Crippen LogP contribution in [0.25, 0.3) is 0 Å². The van der Waals surface area contributed by atoms with E-state index in [0.29, 0.717) is 9.79 Å². The highest BCUT2D eigenvalue weighted by Gasteiger charge is 1.97. The van der Waals surface area contributed by atoms with Crippen LogP contribution in [0.4, 0.5) is 0 Å². The van der Waals surface area contributed by atoms with E-state index < -0.39 is 21.6 Å². The lowest BCUT2D eigenvalue weighted by Gasteiger charge is -1.91. The van der Waals surface area contributed by atoms with Crippen LogP contribution in [0.5, 0.6) is 0 Å². The van der Waals surface area contributed by atoms with Crippen LogP contribution >= 0.6 is 23.2 Å². The summed E-state index contributed by atoms with van der Waals surface area (Å²) < 4.78 is 21.5. The molecule has 0 aliphatic rings. The third kappa shape index (κ3) is 7.56. The molecule has 2 atom stereocenters. The smallest absolute Gasteiger partial charge is 0.222 e. The molecule has 0 amide bonds. The Kier molecular flexibility index (Phi) is 9.43. The molecule has 0 N–H and O–H groups in total. The summed E-state index contributed by atoms with van der Waals surface area (Å²) in [6, 6.07) is 0. The van der Waals surface area contributed by atoms with E-state index in [0.717, 1.165) is 0 Å². The first-order chi connectivity index (χ1) is 9.40. The number of halogens is 2. The summed E-state index contributed by atoms with van der Waals surface area (Å²) >= 11 is 10.8. The molecule has 2 heterocycles. The van der Waals surface area contributed by atoms with Gasteiger partial charge in [0.1, 0.15) is 0 Å². The van der Waals surface area contributed by atoms with E-state index in [2.05, 4.69) is 19.9 Å². The monoisotopic (exact) mass is 368 g/mol. The average Bonchev–Trinajstić information content (AvgIpc) is 2.40. The Labute approximate surface area is 138 Å². The van der Waals surface area contributed by atoms with Crippen molar-refractivity contribution in [3.63, 3.8) is 0 Å². The zero-order chi connectivity index (χ0) is 15.1. The molecule has 2 aromatic rings. The van der Waals surface area contributed by atoms with Crippen molar-refractivity contribution in [2.45, 2.75) is 17.2 Å². The predicted octanol–water partition coefficient (Wildman–Crippen LogP) is 2.37. The molecular formula is C11H14Cl2N4O2S2. The Morgan fingerprint density at radius 1 is 0.762 bits per heavy atom. The molecule has 21 heavy (non-hydrogen) atoms. The first-order valence-electron chi connectivity index (χ1n) is 5.02. The van der Waals surface area contributed by atoms with E-state index in [4.69, 9.17) is 23.2 Å². The van der Waals surface area contributed by atoms with E-state index in [9.17, 15) is 8.42 Å². The Balaban J connectivity index is 0.000000364. The highest BCUT2D eigenvalue weighted by molar-refractivity contribution is 7.84. The number of hydrogen-bond donors (Lipinski definition) is 0.